The smallest absolute Gasteiger partial charge is 0.241 e. The van der Waals surface area contributed by atoms with Gasteiger partial charge in [0.15, 0.2) is 5.82 Å². The highest BCUT2D eigenvalue weighted by molar-refractivity contribution is 7.89. The Hall–Kier alpha value is -1.57. The number of halogens is 3. The second kappa shape index (κ2) is 6.05. The van der Waals surface area contributed by atoms with Crippen molar-refractivity contribution in [3.63, 3.8) is 0 Å². The Balaban J connectivity index is 2.36. The average Bonchev–Trinajstić information content (AvgIpc) is 2.43. The van der Waals surface area contributed by atoms with Gasteiger partial charge in [0.05, 0.1) is 0 Å². The maximum atomic E-state index is 13.7. The van der Waals surface area contributed by atoms with Gasteiger partial charge in [0.2, 0.25) is 5.03 Å². The molecule has 0 saturated carbocycles. The number of aromatic nitrogens is 1. The molecule has 112 valence electrons. The highest BCUT2D eigenvalue weighted by Gasteiger charge is 2.27. The Kier molecular flexibility index (Phi) is 4.55. The first-order valence-corrected chi connectivity index (χ1v) is 7.65. The van der Waals surface area contributed by atoms with E-state index in [-0.39, 0.29) is 17.1 Å². The lowest BCUT2D eigenvalue weighted by atomic mass is 10.2. The molecule has 8 heteroatoms. The lowest BCUT2D eigenvalue weighted by molar-refractivity contribution is 0.446. The number of pyridine rings is 1. The van der Waals surface area contributed by atoms with E-state index in [0.717, 1.165) is 10.4 Å². The Bertz CT molecular complexity index is 748. The standard InChI is InChI=1S/C13H11ClF2N2O2S/c1-18(8-9-10(14)4-2-5-11(9)15)21(19,20)13-12(16)6-3-7-17-13/h2-7H,8H2,1H3. The molecule has 21 heavy (non-hydrogen) atoms. The van der Waals surface area contributed by atoms with E-state index in [1.54, 1.807) is 0 Å². The minimum absolute atomic E-state index is 0.0154. The van der Waals surface area contributed by atoms with Gasteiger partial charge in [0.25, 0.3) is 10.0 Å². The van der Waals surface area contributed by atoms with Crippen LogP contribution in [0.1, 0.15) is 5.56 Å². The molecule has 2 rings (SSSR count). The van der Waals surface area contributed by atoms with Crippen LogP contribution in [0.15, 0.2) is 41.6 Å². The van der Waals surface area contributed by atoms with Crippen LogP contribution in [0.25, 0.3) is 0 Å². The van der Waals surface area contributed by atoms with Gasteiger partial charge < -0.3 is 0 Å². The Morgan fingerprint density at radius 2 is 1.86 bits per heavy atom. The Labute approximate surface area is 126 Å². The summed E-state index contributed by atoms with van der Waals surface area (Å²) in [7, 11) is -2.98. The van der Waals surface area contributed by atoms with Crippen molar-refractivity contribution in [2.24, 2.45) is 0 Å². The molecule has 0 saturated heterocycles. The van der Waals surface area contributed by atoms with Crippen molar-refractivity contribution in [1.82, 2.24) is 9.29 Å². The summed E-state index contributed by atoms with van der Waals surface area (Å²) in [6.07, 6.45) is 1.17. The zero-order valence-electron chi connectivity index (χ0n) is 10.9. The van der Waals surface area contributed by atoms with Gasteiger partial charge in [-0.2, -0.15) is 4.31 Å². The van der Waals surface area contributed by atoms with Crippen molar-refractivity contribution in [3.05, 3.63) is 58.7 Å². The first-order valence-electron chi connectivity index (χ1n) is 5.84. The van der Waals surface area contributed by atoms with Crippen LogP contribution in [-0.2, 0) is 16.6 Å². The van der Waals surface area contributed by atoms with Crippen LogP contribution in [-0.4, -0.2) is 24.8 Å². The molecule has 1 aromatic heterocycles. The third-order valence-corrected chi connectivity index (χ3v) is 4.91. The van der Waals surface area contributed by atoms with Gasteiger partial charge in [0.1, 0.15) is 5.82 Å². The van der Waals surface area contributed by atoms with Gasteiger partial charge in [0, 0.05) is 30.4 Å². The number of hydrogen-bond donors (Lipinski definition) is 0. The lowest BCUT2D eigenvalue weighted by Gasteiger charge is -2.18. The fourth-order valence-corrected chi connectivity index (χ4v) is 3.03. The first-order chi connectivity index (χ1) is 9.84. The normalized spacial score (nSPS) is 11.9. The molecule has 2 aromatic rings. The monoisotopic (exact) mass is 332 g/mol. The van der Waals surface area contributed by atoms with E-state index in [4.69, 9.17) is 11.6 Å². The Morgan fingerprint density at radius 3 is 2.48 bits per heavy atom. The molecule has 0 fully saturated rings. The van der Waals surface area contributed by atoms with Gasteiger partial charge in [-0.15, -0.1) is 0 Å². The molecule has 1 aromatic carbocycles. The van der Waals surface area contributed by atoms with Gasteiger partial charge in [-0.1, -0.05) is 17.7 Å². The molecule has 0 radical (unpaired) electrons. The zero-order valence-corrected chi connectivity index (χ0v) is 12.5. The second-order valence-corrected chi connectivity index (χ2v) is 6.62. The van der Waals surface area contributed by atoms with Crippen molar-refractivity contribution >= 4 is 21.6 Å². The lowest BCUT2D eigenvalue weighted by Crippen LogP contribution is -2.28. The van der Waals surface area contributed by atoms with Gasteiger partial charge in [-0.3, -0.25) is 0 Å². The molecule has 1 heterocycles. The minimum Gasteiger partial charge on any atom is -0.241 e. The fourth-order valence-electron chi connectivity index (χ4n) is 1.70. The Morgan fingerprint density at radius 1 is 1.19 bits per heavy atom. The topological polar surface area (TPSA) is 50.3 Å². The van der Waals surface area contributed by atoms with Crippen LogP contribution in [0, 0.1) is 11.6 Å². The summed E-state index contributed by atoms with van der Waals surface area (Å²) in [6, 6.07) is 6.30. The molecule has 4 nitrogen and oxygen atoms in total. The number of nitrogens with zero attached hydrogens (tertiary/aromatic N) is 2. The molecule has 0 amide bonds. The molecule has 0 aliphatic carbocycles. The molecule has 0 bridgehead atoms. The molecule has 0 atom stereocenters. The third kappa shape index (κ3) is 3.20. The SMILES string of the molecule is CN(Cc1c(F)cccc1Cl)S(=O)(=O)c1ncccc1F. The van der Waals surface area contributed by atoms with Crippen molar-refractivity contribution in [2.45, 2.75) is 11.6 Å². The van der Waals surface area contributed by atoms with Crippen molar-refractivity contribution in [2.75, 3.05) is 7.05 Å². The summed E-state index contributed by atoms with van der Waals surface area (Å²) < 4.78 is 52.5. The largest absolute Gasteiger partial charge is 0.263 e. The average molecular weight is 333 g/mol. The minimum atomic E-state index is -4.18. The number of sulfonamides is 1. The van der Waals surface area contributed by atoms with E-state index in [1.165, 1.54) is 37.5 Å². The van der Waals surface area contributed by atoms with E-state index in [1.807, 2.05) is 0 Å². The highest BCUT2D eigenvalue weighted by atomic mass is 35.5. The van der Waals surface area contributed by atoms with E-state index in [9.17, 15) is 17.2 Å². The van der Waals surface area contributed by atoms with Crippen LogP contribution < -0.4 is 0 Å². The van der Waals surface area contributed by atoms with E-state index < -0.39 is 26.7 Å². The fraction of sp³-hybridized carbons (Fsp3) is 0.154. The number of rotatable bonds is 4. The van der Waals surface area contributed by atoms with E-state index in [2.05, 4.69) is 4.98 Å². The number of benzene rings is 1. The summed E-state index contributed by atoms with van der Waals surface area (Å²) in [4.78, 5) is 3.53. The summed E-state index contributed by atoms with van der Waals surface area (Å²) in [6.45, 7) is -0.330. The highest BCUT2D eigenvalue weighted by Crippen LogP contribution is 2.23. The van der Waals surface area contributed by atoms with Crippen molar-refractivity contribution in [3.8, 4) is 0 Å². The van der Waals surface area contributed by atoms with Gasteiger partial charge in [-0.05, 0) is 24.3 Å². The maximum Gasteiger partial charge on any atom is 0.263 e. The summed E-state index contributed by atoms with van der Waals surface area (Å²) in [5.74, 6) is -1.60. The third-order valence-electron chi connectivity index (χ3n) is 2.82. The zero-order chi connectivity index (χ0) is 15.6. The summed E-state index contributed by atoms with van der Waals surface area (Å²) in [5, 5.41) is -0.612. The molecule has 0 spiro atoms. The van der Waals surface area contributed by atoms with Crippen LogP contribution in [0.3, 0.4) is 0 Å². The van der Waals surface area contributed by atoms with Crippen LogP contribution >= 0.6 is 11.6 Å². The molecular weight excluding hydrogens is 322 g/mol. The summed E-state index contributed by atoms with van der Waals surface area (Å²) >= 11 is 5.85. The van der Waals surface area contributed by atoms with Crippen LogP contribution in [0.5, 0.6) is 0 Å². The van der Waals surface area contributed by atoms with Crippen molar-refractivity contribution < 1.29 is 17.2 Å². The molecular formula is C13H11ClF2N2O2S. The van der Waals surface area contributed by atoms with Crippen LogP contribution in [0.4, 0.5) is 8.78 Å². The molecule has 0 aliphatic heterocycles. The summed E-state index contributed by atoms with van der Waals surface area (Å²) in [5.41, 5.74) is 0.0154. The quantitative estimate of drug-likeness (QED) is 0.865. The van der Waals surface area contributed by atoms with E-state index >= 15 is 0 Å². The second-order valence-electron chi connectivity index (χ2n) is 4.25. The van der Waals surface area contributed by atoms with E-state index in [0.29, 0.717) is 0 Å². The van der Waals surface area contributed by atoms with Crippen molar-refractivity contribution in [1.29, 1.82) is 0 Å². The maximum absolute atomic E-state index is 13.7. The predicted molar refractivity (Wildman–Crippen MR) is 74.3 cm³/mol. The molecule has 0 N–H and O–H groups in total. The first kappa shape index (κ1) is 15.8. The van der Waals surface area contributed by atoms with Gasteiger partial charge in [-0.25, -0.2) is 22.2 Å². The number of hydrogen-bond acceptors (Lipinski definition) is 3. The molecule has 0 aliphatic rings. The van der Waals surface area contributed by atoms with Gasteiger partial charge >= 0.3 is 0 Å². The predicted octanol–water partition coefficient (Wildman–Crippen LogP) is 2.83. The van der Waals surface area contributed by atoms with Crippen LogP contribution in [0.2, 0.25) is 5.02 Å². The molecule has 0 unspecified atom stereocenters.